The van der Waals surface area contributed by atoms with E-state index >= 15 is 0 Å². The van der Waals surface area contributed by atoms with Crippen molar-refractivity contribution in [3.05, 3.63) is 35.6 Å². The number of benzene rings is 1. The second-order valence-electron chi connectivity index (χ2n) is 5.91. The van der Waals surface area contributed by atoms with Crippen molar-refractivity contribution in [1.29, 1.82) is 0 Å². The van der Waals surface area contributed by atoms with Gasteiger partial charge in [0.2, 0.25) is 0 Å². The maximum atomic E-state index is 13.7. The zero-order valence-corrected chi connectivity index (χ0v) is 12.8. The second kappa shape index (κ2) is 7.17. The molecule has 5 nitrogen and oxygen atoms in total. The van der Waals surface area contributed by atoms with Gasteiger partial charge in [0, 0.05) is 31.7 Å². The third-order valence-corrected chi connectivity index (χ3v) is 4.04. The van der Waals surface area contributed by atoms with E-state index in [0.717, 1.165) is 0 Å². The van der Waals surface area contributed by atoms with Crippen LogP contribution in [-0.2, 0) is 11.3 Å². The van der Waals surface area contributed by atoms with Crippen LogP contribution >= 0.6 is 0 Å². The molecule has 0 aromatic heterocycles. The summed E-state index contributed by atoms with van der Waals surface area (Å²) in [5.41, 5.74) is -1.02. The summed E-state index contributed by atoms with van der Waals surface area (Å²) in [4.78, 5) is 15.8. The molecule has 0 unspecified atom stereocenters. The Morgan fingerprint density at radius 3 is 2.82 bits per heavy atom. The normalized spacial score (nSPS) is 22.4. The molecular weight excluding hydrogens is 287 g/mol. The monoisotopic (exact) mass is 310 g/mol. The number of aliphatic hydroxyl groups is 2. The van der Waals surface area contributed by atoms with Crippen LogP contribution in [-0.4, -0.2) is 64.8 Å². The maximum Gasteiger partial charge on any atom is 0.256 e. The summed E-state index contributed by atoms with van der Waals surface area (Å²) in [6.45, 7) is 1.21. The molecule has 0 bridgehead atoms. The van der Waals surface area contributed by atoms with Crippen LogP contribution in [0.2, 0.25) is 0 Å². The lowest BCUT2D eigenvalue weighted by molar-refractivity contribution is -0.160. The Bertz CT molecular complexity index is 526. The van der Waals surface area contributed by atoms with Gasteiger partial charge < -0.3 is 20.0 Å². The van der Waals surface area contributed by atoms with Crippen molar-refractivity contribution in [3.8, 4) is 0 Å². The molecule has 1 fully saturated rings. The summed E-state index contributed by atoms with van der Waals surface area (Å²) in [5.74, 6) is -0.714. The van der Waals surface area contributed by atoms with Gasteiger partial charge in [-0.05, 0) is 26.0 Å². The van der Waals surface area contributed by atoms with E-state index in [9.17, 15) is 14.3 Å². The number of nitrogens with zero attached hydrogens (tertiary/aromatic N) is 2. The molecule has 1 heterocycles. The van der Waals surface area contributed by atoms with Crippen molar-refractivity contribution < 1.29 is 19.4 Å². The molecule has 1 amide bonds. The minimum absolute atomic E-state index is 0.0281. The summed E-state index contributed by atoms with van der Waals surface area (Å²) in [6.07, 6.45) is 1.05. The zero-order valence-electron chi connectivity index (χ0n) is 12.8. The number of carbonyl (C=O) groups is 1. The number of amides is 1. The largest absolute Gasteiger partial charge is 0.395 e. The second-order valence-corrected chi connectivity index (χ2v) is 5.91. The highest BCUT2D eigenvalue weighted by Crippen LogP contribution is 2.25. The standard InChI is InChI=1S/C16H23FN2O3/c1-18(9-10-20)12-16(22)7-4-8-19(15(16)21)11-13-5-2-3-6-14(13)17/h2-3,5-6,20,22H,4,7-12H2,1H3/t16-/m0/s1. The van der Waals surface area contributed by atoms with E-state index in [2.05, 4.69) is 0 Å². The van der Waals surface area contributed by atoms with Gasteiger partial charge in [0.05, 0.1) is 6.61 Å². The quantitative estimate of drug-likeness (QED) is 0.808. The summed E-state index contributed by atoms with van der Waals surface area (Å²) in [6, 6.07) is 6.35. The number of hydrogen-bond acceptors (Lipinski definition) is 4. The first kappa shape index (κ1) is 16.9. The highest BCUT2D eigenvalue weighted by molar-refractivity contribution is 5.86. The Morgan fingerprint density at radius 1 is 1.41 bits per heavy atom. The Balaban J connectivity index is 2.08. The molecule has 6 heteroatoms. The number of rotatable bonds is 6. The van der Waals surface area contributed by atoms with Crippen LogP contribution in [0.5, 0.6) is 0 Å². The van der Waals surface area contributed by atoms with Gasteiger partial charge in [-0.15, -0.1) is 0 Å². The lowest BCUT2D eigenvalue weighted by Crippen LogP contribution is -2.58. The van der Waals surface area contributed by atoms with Gasteiger partial charge in [-0.1, -0.05) is 18.2 Å². The van der Waals surface area contributed by atoms with E-state index in [1.807, 2.05) is 0 Å². The molecule has 0 aliphatic carbocycles. The van der Waals surface area contributed by atoms with Crippen LogP contribution in [0, 0.1) is 5.82 Å². The predicted molar refractivity (Wildman–Crippen MR) is 80.6 cm³/mol. The van der Waals surface area contributed by atoms with E-state index < -0.39 is 5.60 Å². The minimum atomic E-state index is -1.46. The maximum absolute atomic E-state index is 13.7. The molecule has 122 valence electrons. The first-order valence-corrected chi connectivity index (χ1v) is 7.51. The minimum Gasteiger partial charge on any atom is -0.395 e. The lowest BCUT2D eigenvalue weighted by atomic mass is 9.91. The zero-order chi connectivity index (χ0) is 16.2. The highest BCUT2D eigenvalue weighted by atomic mass is 19.1. The topological polar surface area (TPSA) is 64.0 Å². The number of likely N-dealkylation sites (N-methyl/N-ethyl adjacent to an activating group) is 1. The van der Waals surface area contributed by atoms with Crippen molar-refractivity contribution in [1.82, 2.24) is 9.80 Å². The van der Waals surface area contributed by atoms with Crippen LogP contribution in [0.3, 0.4) is 0 Å². The van der Waals surface area contributed by atoms with Gasteiger partial charge in [0.1, 0.15) is 5.82 Å². The van der Waals surface area contributed by atoms with Gasteiger partial charge >= 0.3 is 0 Å². The Hall–Kier alpha value is -1.50. The average Bonchev–Trinajstić information content (AvgIpc) is 2.46. The van der Waals surface area contributed by atoms with Crippen LogP contribution in [0.1, 0.15) is 18.4 Å². The molecule has 1 saturated heterocycles. The van der Waals surface area contributed by atoms with Crippen LogP contribution in [0.25, 0.3) is 0 Å². The Kier molecular flexibility index (Phi) is 5.50. The first-order chi connectivity index (χ1) is 10.5. The van der Waals surface area contributed by atoms with Crippen molar-refractivity contribution in [2.24, 2.45) is 0 Å². The number of aliphatic hydroxyl groups excluding tert-OH is 1. The van der Waals surface area contributed by atoms with Gasteiger partial charge in [0.15, 0.2) is 5.60 Å². The molecule has 1 aromatic carbocycles. The Labute approximate surface area is 130 Å². The highest BCUT2D eigenvalue weighted by Gasteiger charge is 2.42. The molecule has 0 saturated carbocycles. The van der Waals surface area contributed by atoms with E-state index in [1.54, 1.807) is 30.1 Å². The van der Waals surface area contributed by atoms with Crippen LogP contribution < -0.4 is 0 Å². The van der Waals surface area contributed by atoms with E-state index in [1.165, 1.54) is 11.0 Å². The van der Waals surface area contributed by atoms with Crippen molar-refractivity contribution in [2.45, 2.75) is 25.0 Å². The number of piperidine rings is 1. The fourth-order valence-corrected chi connectivity index (χ4v) is 2.89. The predicted octanol–water partition coefficient (Wildman–Crippen LogP) is 0.603. The third-order valence-electron chi connectivity index (χ3n) is 4.04. The summed E-state index contributed by atoms with van der Waals surface area (Å²) < 4.78 is 13.7. The molecular formula is C16H23FN2O3. The lowest BCUT2D eigenvalue weighted by Gasteiger charge is -2.40. The number of likely N-dealkylation sites (tertiary alicyclic amines) is 1. The molecule has 2 rings (SSSR count). The molecule has 1 atom stereocenters. The molecule has 0 spiro atoms. The molecule has 1 aliphatic heterocycles. The smallest absolute Gasteiger partial charge is 0.256 e. The van der Waals surface area contributed by atoms with Crippen molar-refractivity contribution >= 4 is 5.91 Å². The number of carbonyl (C=O) groups excluding carboxylic acids is 1. The summed E-state index contributed by atoms with van der Waals surface area (Å²) >= 11 is 0. The Morgan fingerprint density at radius 2 is 2.14 bits per heavy atom. The fraction of sp³-hybridized carbons (Fsp3) is 0.562. The summed E-state index contributed by atoms with van der Waals surface area (Å²) in [7, 11) is 1.75. The van der Waals surface area contributed by atoms with Gasteiger partial charge in [-0.3, -0.25) is 4.79 Å². The van der Waals surface area contributed by atoms with Gasteiger partial charge in [-0.2, -0.15) is 0 Å². The van der Waals surface area contributed by atoms with Crippen molar-refractivity contribution in [2.75, 3.05) is 33.3 Å². The molecule has 0 radical (unpaired) electrons. The molecule has 2 N–H and O–H groups in total. The van der Waals surface area contributed by atoms with Crippen LogP contribution in [0.15, 0.2) is 24.3 Å². The first-order valence-electron chi connectivity index (χ1n) is 7.51. The number of halogens is 1. The van der Waals surface area contributed by atoms with Crippen LogP contribution in [0.4, 0.5) is 4.39 Å². The summed E-state index contributed by atoms with van der Waals surface area (Å²) in [5, 5.41) is 19.6. The van der Waals surface area contributed by atoms with E-state index in [-0.39, 0.29) is 31.4 Å². The molecule has 1 aromatic rings. The number of hydrogen-bond donors (Lipinski definition) is 2. The van der Waals surface area contributed by atoms with Gasteiger partial charge in [0.25, 0.3) is 5.91 Å². The van der Waals surface area contributed by atoms with Crippen molar-refractivity contribution in [3.63, 3.8) is 0 Å². The average molecular weight is 310 g/mol. The molecule has 22 heavy (non-hydrogen) atoms. The van der Waals surface area contributed by atoms with E-state index in [0.29, 0.717) is 31.5 Å². The third kappa shape index (κ3) is 3.82. The fourth-order valence-electron chi connectivity index (χ4n) is 2.89. The SMILES string of the molecule is CN(CCO)C[C@@]1(O)CCCN(Cc2ccccc2F)C1=O. The van der Waals surface area contributed by atoms with E-state index in [4.69, 9.17) is 5.11 Å². The molecule has 1 aliphatic rings. The van der Waals surface area contributed by atoms with Gasteiger partial charge in [-0.25, -0.2) is 4.39 Å².